The van der Waals surface area contributed by atoms with Crippen LogP contribution >= 0.6 is 0 Å². The van der Waals surface area contributed by atoms with Crippen LogP contribution in [0.25, 0.3) is 0 Å². The fourth-order valence-corrected chi connectivity index (χ4v) is 1.60. The van der Waals surface area contributed by atoms with Crippen molar-refractivity contribution in [1.29, 1.82) is 0 Å². The zero-order chi connectivity index (χ0) is 14.0. The summed E-state index contributed by atoms with van der Waals surface area (Å²) in [5.74, 6) is -0.701. The van der Waals surface area contributed by atoms with E-state index in [4.69, 9.17) is 0 Å². The predicted molar refractivity (Wildman–Crippen MR) is 67.8 cm³/mol. The molecule has 0 unspecified atom stereocenters. The second-order valence-electron chi connectivity index (χ2n) is 4.00. The minimum Gasteiger partial charge on any atom is -0.354 e. The van der Waals surface area contributed by atoms with Crippen LogP contribution in [0, 0.1) is 0 Å². The Hall–Kier alpha value is -2.64. The Balaban J connectivity index is 2.24. The Morgan fingerprint density at radius 3 is 2.47 bits per heavy atom. The molecule has 2 aromatic rings. The molecular weight excluding hydrogens is 248 g/mol. The van der Waals surface area contributed by atoms with Crippen LogP contribution in [0.2, 0.25) is 0 Å². The van der Waals surface area contributed by atoms with Crippen LogP contribution in [-0.2, 0) is 14.1 Å². The molecule has 0 saturated heterocycles. The Labute approximate surface area is 109 Å². The molecule has 2 aromatic heterocycles. The molecule has 0 radical (unpaired) electrons. The third kappa shape index (κ3) is 2.62. The number of hydrogen-bond donors (Lipinski definition) is 2. The lowest BCUT2D eigenvalue weighted by Crippen LogP contribution is -2.21. The monoisotopic (exact) mass is 262 g/mol. The van der Waals surface area contributed by atoms with E-state index in [2.05, 4.69) is 20.8 Å². The number of nitrogens with one attached hydrogen (secondary N) is 2. The van der Waals surface area contributed by atoms with Gasteiger partial charge in [0.05, 0.1) is 17.4 Å². The molecular formula is C11H14N6O2. The molecule has 0 fully saturated rings. The average Bonchev–Trinajstić information content (AvgIpc) is 2.95. The molecule has 0 aliphatic heterocycles. The smallest absolute Gasteiger partial charge is 0.273 e. The first kappa shape index (κ1) is 12.8. The summed E-state index contributed by atoms with van der Waals surface area (Å²) in [6, 6.07) is 0. The quantitative estimate of drug-likeness (QED) is 0.798. The molecule has 0 aliphatic rings. The van der Waals surface area contributed by atoms with Crippen LogP contribution in [0.5, 0.6) is 0 Å². The molecule has 8 nitrogen and oxygen atoms in total. The van der Waals surface area contributed by atoms with E-state index < -0.39 is 0 Å². The van der Waals surface area contributed by atoms with E-state index in [1.165, 1.54) is 22.6 Å². The predicted octanol–water partition coefficient (Wildman–Crippen LogP) is -0.235. The maximum absolute atomic E-state index is 12.0. The van der Waals surface area contributed by atoms with Crippen molar-refractivity contribution >= 4 is 17.5 Å². The molecule has 0 aromatic carbocycles. The van der Waals surface area contributed by atoms with Gasteiger partial charge in [-0.1, -0.05) is 0 Å². The zero-order valence-electron chi connectivity index (χ0n) is 10.8. The van der Waals surface area contributed by atoms with Gasteiger partial charge in [0.25, 0.3) is 11.8 Å². The van der Waals surface area contributed by atoms with E-state index in [1.807, 2.05) is 0 Å². The van der Waals surface area contributed by atoms with E-state index >= 15 is 0 Å². The van der Waals surface area contributed by atoms with Crippen LogP contribution < -0.4 is 10.6 Å². The third-order valence-corrected chi connectivity index (χ3v) is 2.49. The second kappa shape index (κ2) is 4.92. The topological polar surface area (TPSA) is 93.8 Å². The van der Waals surface area contributed by atoms with Crippen LogP contribution in [0.3, 0.4) is 0 Å². The van der Waals surface area contributed by atoms with Gasteiger partial charge < -0.3 is 10.6 Å². The maximum atomic E-state index is 12.0. The van der Waals surface area contributed by atoms with Gasteiger partial charge >= 0.3 is 0 Å². The highest BCUT2D eigenvalue weighted by molar-refractivity contribution is 6.07. The minimum absolute atomic E-state index is 0.169. The Kier molecular flexibility index (Phi) is 3.32. The number of amides is 2. The summed E-state index contributed by atoms with van der Waals surface area (Å²) in [4.78, 5) is 23.6. The standard InChI is InChI=1S/C11H14N6O2/c1-12-11(19)9-8(6-17(3)15-9)14-10(18)7-4-13-16(2)5-7/h4-6H,1-3H3,(H,12,19)(H,14,18). The first-order valence-electron chi connectivity index (χ1n) is 5.57. The van der Waals surface area contributed by atoms with Gasteiger partial charge in [0.1, 0.15) is 0 Å². The summed E-state index contributed by atoms with van der Waals surface area (Å²) in [5.41, 5.74) is 0.937. The highest BCUT2D eigenvalue weighted by atomic mass is 16.2. The highest BCUT2D eigenvalue weighted by Gasteiger charge is 2.18. The van der Waals surface area contributed by atoms with Crippen LogP contribution in [-0.4, -0.2) is 38.4 Å². The summed E-state index contributed by atoms with van der Waals surface area (Å²) in [5, 5.41) is 13.0. The van der Waals surface area contributed by atoms with Crippen molar-refractivity contribution in [1.82, 2.24) is 24.9 Å². The van der Waals surface area contributed by atoms with Crippen molar-refractivity contribution in [2.24, 2.45) is 14.1 Å². The molecule has 19 heavy (non-hydrogen) atoms. The Bertz CT molecular complexity index is 627. The Morgan fingerprint density at radius 2 is 1.89 bits per heavy atom. The van der Waals surface area contributed by atoms with Crippen LogP contribution in [0.15, 0.2) is 18.6 Å². The zero-order valence-corrected chi connectivity index (χ0v) is 10.8. The summed E-state index contributed by atoms with van der Waals surface area (Å²) in [6.07, 6.45) is 4.61. The Morgan fingerprint density at radius 1 is 1.16 bits per heavy atom. The van der Waals surface area contributed by atoms with Crippen molar-refractivity contribution in [3.63, 3.8) is 0 Å². The molecule has 2 N–H and O–H groups in total. The number of aromatic nitrogens is 4. The molecule has 0 aliphatic carbocycles. The first-order valence-corrected chi connectivity index (χ1v) is 5.57. The highest BCUT2D eigenvalue weighted by Crippen LogP contribution is 2.14. The molecule has 2 amide bonds. The van der Waals surface area contributed by atoms with Crippen molar-refractivity contribution in [3.8, 4) is 0 Å². The lowest BCUT2D eigenvalue weighted by atomic mass is 10.3. The van der Waals surface area contributed by atoms with Crippen molar-refractivity contribution < 1.29 is 9.59 Å². The largest absolute Gasteiger partial charge is 0.354 e. The van der Waals surface area contributed by atoms with Gasteiger partial charge in [-0.25, -0.2) is 0 Å². The molecule has 0 saturated carbocycles. The van der Waals surface area contributed by atoms with Gasteiger partial charge in [0, 0.05) is 33.5 Å². The van der Waals surface area contributed by atoms with E-state index in [-0.39, 0.29) is 17.5 Å². The first-order chi connectivity index (χ1) is 9.01. The van der Waals surface area contributed by atoms with E-state index in [0.717, 1.165) is 0 Å². The second-order valence-corrected chi connectivity index (χ2v) is 4.00. The number of hydrogen-bond acceptors (Lipinski definition) is 4. The molecule has 2 heterocycles. The number of anilines is 1. The lowest BCUT2D eigenvalue weighted by molar-refractivity contribution is 0.0958. The normalized spacial score (nSPS) is 10.3. The van der Waals surface area contributed by atoms with Crippen molar-refractivity contribution in [2.75, 3.05) is 12.4 Å². The molecule has 100 valence electrons. The number of rotatable bonds is 3. The third-order valence-electron chi connectivity index (χ3n) is 2.49. The van der Waals surface area contributed by atoms with Gasteiger partial charge in [-0.3, -0.25) is 19.0 Å². The fourth-order valence-electron chi connectivity index (χ4n) is 1.60. The average molecular weight is 262 g/mol. The molecule has 8 heteroatoms. The molecule has 2 rings (SSSR count). The lowest BCUT2D eigenvalue weighted by Gasteiger charge is -2.02. The van der Waals surface area contributed by atoms with E-state index in [0.29, 0.717) is 11.3 Å². The van der Waals surface area contributed by atoms with Crippen LogP contribution in [0.4, 0.5) is 5.69 Å². The summed E-state index contributed by atoms with van der Waals surface area (Å²) < 4.78 is 2.99. The van der Waals surface area contributed by atoms with Gasteiger partial charge in [0.2, 0.25) is 0 Å². The van der Waals surface area contributed by atoms with Crippen molar-refractivity contribution in [2.45, 2.75) is 0 Å². The van der Waals surface area contributed by atoms with Gasteiger partial charge in [-0.05, 0) is 0 Å². The SMILES string of the molecule is CNC(=O)c1nn(C)cc1NC(=O)c1cnn(C)c1. The number of carbonyl (C=O) groups excluding carboxylic acids is 2. The van der Waals surface area contributed by atoms with Crippen LogP contribution in [0.1, 0.15) is 20.8 Å². The summed E-state index contributed by atoms with van der Waals surface area (Å²) >= 11 is 0. The minimum atomic E-state index is -0.359. The number of nitrogens with zero attached hydrogens (tertiary/aromatic N) is 4. The van der Waals surface area contributed by atoms with Gasteiger partial charge in [-0.2, -0.15) is 10.2 Å². The fraction of sp³-hybridized carbons (Fsp3) is 0.273. The molecule has 0 spiro atoms. The van der Waals surface area contributed by atoms with Crippen molar-refractivity contribution in [3.05, 3.63) is 29.8 Å². The van der Waals surface area contributed by atoms with E-state index in [1.54, 1.807) is 26.5 Å². The summed E-state index contributed by atoms with van der Waals surface area (Å²) in [7, 11) is 4.90. The number of carbonyl (C=O) groups is 2. The number of aryl methyl sites for hydroxylation is 2. The maximum Gasteiger partial charge on any atom is 0.273 e. The van der Waals surface area contributed by atoms with Gasteiger partial charge in [-0.15, -0.1) is 0 Å². The summed E-state index contributed by atoms with van der Waals surface area (Å²) in [6.45, 7) is 0. The molecule has 0 bridgehead atoms. The van der Waals surface area contributed by atoms with E-state index in [9.17, 15) is 9.59 Å². The van der Waals surface area contributed by atoms with Gasteiger partial charge in [0.15, 0.2) is 5.69 Å². The molecule has 0 atom stereocenters.